The molecule has 8 nitrogen and oxygen atoms in total. The first-order chi connectivity index (χ1) is 15.5. The van der Waals surface area contributed by atoms with Crippen LogP contribution in [0.1, 0.15) is 33.2 Å². The molecule has 0 saturated heterocycles. The van der Waals surface area contributed by atoms with Crippen molar-refractivity contribution >= 4 is 23.1 Å². The van der Waals surface area contributed by atoms with Crippen LogP contribution in [-0.4, -0.2) is 40.0 Å². The molecule has 4 aromatic rings. The molecular formula is C24H20N6O2. The van der Waals surface area contributed by atoms with E-state index in [0.29, 0.717) is 29.1 Å². The van der Waals surface area contributed by atoms with Crippen molar-refractivity contribution in [2.45, 2.75) is 6.92 Å². The molecule has 4 rings (SSSR count). The number of pyridine rings is 2. The van der Waals surface area contributed by atoms with E-state index in [0.717, 1.165) is 16.6 Å². The molecule has 0 spiro atoms. The number of fused-ring (bicyclic) bond motifs is 1. The van der Waals surface area contributed by atoms with Gasteiger partial charge >= 0.3 is 0 Å². The molecule has 0 aliphatic rings. The second kappa shape index (κ2) is 8.70. The highest BCUT2D eigenvalue weighted by Crippen LogP contribution is 2.26. The first-order valence-electron chi connectivity index (χ1n) is 10.0. The van der Waals surface area contributed by atoms with E-state index in [1.54, 1.807) is 65.3 Å². The summed E-state index contributed by atoms with van der Waals surface area (Å²) < 4.78 is 1.70. The van der Waals surface area contributed by atoms with Gasteiger partial charge in [-0.15, -0.1) is 0 Å². The summed E-state index contributed by atoms with van der Waals surface area (Å²) in [4.78, 5) is 30.8. The fourth-order valence-corrected chi connectivity index (χ4v) is 3.46. The largest absolute Gasteiger partial charge is 0.355 e. The number of nitrogens with zero attached hydrogens (tertiary/aromatic N) is 5. The third-order valence-electron chi connectivity index (χ3n) is 5.17. The lowest BCUT2D eigenvalue weighted by Crippen LogP contribution is -2.31. The van der Waals surface area contributed by atoms with E-state index in [1.807, 2.05) is 25.1 Å². The lowest BCUT2D eigenvalue weighted by molar-refractivity contribution is 0.0960. The Bertz CT molecular complexity index is 1330. The number of hydrogen-bond donors (Lipinski definition) is 1. The number of carbonyl (C=O) groups excluding carboxylic acids is 2. The monoisotopic (exact) mass is 424 g/mol. The zero-order valence-corrected chi connectivity index (χ0v) is 17.6. The topological polar surface area (TPSA) is 103 Å². The lowest BCUT2D eigenvalue weighted by Gasteiger charge is -2.20. The van der Waals surface area contributed by atoms with Gasteiger partial charge in [0.2, 0.25) is 0 Å². The molecule has 3 heterocycles. The number of nitriles is 1. The number of amides is 2. The van der Waals surface area contributed by atoms with Crippen molar-refractivity contribution in [1.29, 1.82) is 5.26 Å². The van der Waals surface area contributed by atoms with Crippen LogP contribution < -0.4 is 10.2 Å². The fourth-order valence-electron chi connectivity index (χ4n) is 3.46. The van der Waals surface area contributed by atoms with E-state index >= 15 is 0 Å². The second-order valence-electron chi connectivity index (χ2n) is 7.03. The number of nitrogens with one attached hydrogen (secondary N) is 1. The lowest BCUT2D eigenvalue weighted by atomic mass is 10.0. The molecule has 158 valence electrons. The molecule has 3 aromatic heterocycles. The molecule has 0 aliphatic carbocycles. The second-order valence-corrected chi connectivity index (χ2v) is 7.03. The summed E-state index contributed by atoms with van der Waals surface area (Å²) in [6, 6.07) is 16.1. The molecule has 0 bridgehead atoms. The molecule has 0 aliphatic heterocycles. The van der Waals surface area contributed by atoms with Crippen molar-refractivity contribution in [3.63, 3.8) is 0 Å². The zero-order valence-electron chi connectivity index (χ0n) is 17.6. The fraction of sp³-hybridized carbons (Fsp3) is 0.125. The third kappa shape index (κ3) is 3.79. The van der Waals surface area contributed by atoms with Crippen LogP contribution in [0, 0.1) is 11.3 Å². The van der Waals surface area contributed by atoms with Gasteiger partial charge in [-0.1, -0.05) is 12.1 Å². The summed E-state index contributed by atoms with van der Waals surface area (Å²) in [7, 11) is 1.59. The molecule has 0 saturated carbocycles. The van der Waals surface area contributed by atoms with Crippen molar-refractivity contribution in [3.05, 3.63) is 83.8 Å². The number of carbonyl (C=O) groups is 2. The Balaban J connectivity index is 1.69. The predicted molar refractivity (Wildman–Crippen MR) is 120 cm³/mol. The SMILES string of the molecule is CCN(C(=O)c1ccn2ncc(-c3ccc(C(=O)NC)cc3)c2c1)c1ccc(C#N)cn1. The molecule has 0 radical (unpaired) electrons. The molecule has 2 amide bonds. The van der Waals surface area contributed by atoms with Crippen LogP contribution in [0.3, 0.4) is 0 Å². The van der Waals surface area contributed by atoms with Crippen molar-refractivity contribution in [3.8, 4) is 17.2 Å². The van der Waals surface area contributed by atoms with Gasteiger partial charge < -0.3 is 5.32 Å². The van der Waals surface area contributed by atoms with Gasteiger partial charge in [-0.2, -0.15) is 10.4 Å². The number of hydrogen-bond acceptors (Lipinski definition) is 5. The van der Waals surface area contributed by atoms with Gasteiger partial charge in [-0.05, 0) is 48.9 Å². The highest BCUT2D eigenvalue weighted by molar-refractivity contribution is 6.06. The average molecular weight is 424 g/mol. The summed E-state index contributed by atoms with van der Waals surface area (Å²) in [5.74, 6) is 0.129. The Kier molecular flexibility index (Phi) is 5.64. The average Bonchev–Trinajstić information content (AvgIpc) is 3.27. The summed E-state index contributed by atoms with van der Waals surface area (Å²) in [6.45, 7) is 2.30. The Hall–Kier alpha value is -4.51. The Morgan fingerprint density at radius 3 is 2.50 bits per heavy atom. The molecule has 8 heteroatoms. The highest BCUT2D eigenvalue weighted by atomic mass is 16.2. The van der Waals surface area contributed by atoms with Crippen LogP contribution in [0.25, 0.3) is 16.6 Å². The van der Waals surface area contributed by atoms with E-state index in [4.69, 9.17) is 5.26 Å². The predicted octanol–water partition coefficient (Wildman–Crippen LogP) is 3.29. The minimum Gasteiger partial charge on any atom is -0.355 e. The molecule has 1 aromatic carbocycles. The van der Waals surface area contributed by atoms with E-state index in [-0.39, 0.29) is 11.8 Å². The molecular weight excluding hydrogens is 404 g/mol. The van der Waals surface area contributed by atoms with Crippen molar-refractivity contribution in [2.24, 2.45) is 0 Å². The third-order valence-corrected chi connectivity index (χ3v) is 5.17. The number of aromatic nitrogens is 3. The summed E-state index contributed by atoms with van der Waals surface area (Å²) in [5, 5.41) is 16.0. The van der Waals surface area contributed by atoms with Gasteiger partial charge in [0.05, 0.1) is 17.3 Å². The summed E-state index contributed by atoms with van der Waals surface area (Å²) in [6.07, 6.45) is 4.93. The minimum absolute atomic E-state index is 0.152. The molecule has 0 atom stereocenters. The zero-order chi connectivity index (χ0) is 22.7. The van der Waals surface area contributed by atoms with Gasteiger partial charge in [-0.25, -0.2) is 9.50 Å². The first kappa shape index (κ1) is 20.8. The Labute approximate surface area is 184 Å². The molecule has 0 unspecified atom stereocenters. The minimum atomic E-state index is -0.200. The molecule has 32 heavy (non-hydrogen) atoms. The van der Waals surface area contributed by atoms with Crippen LogP contribution in [0.5, 0.6) is 0 Å². The van der Waals surface area contributed by atoms with E-state index in [9.17, 15) is 9.59 Å². The van der Waals surface area contributed by atoms with Crippen molar-refractivity contribution in [2.75, 3.05) is 18.5 Å². The van der Waals surface area contributed by atoms with Crippen molar-refractivity contribution in [1.82, 2.24) is 19.9 Å². The maximum atomic E-state index is 13.2. The smallest absolute Gasteiger partial charge is 0.259 e. The quantitative estimate of drug-likeness (QED) is 0.529. The summed E-state index contributed by atoms with van der Waals surface area (Å²) in [5.41, 5.74) is 4.00. The number of rotatable bonds is 5. The standard InChI is InChI=1S/C24H20N6O2/c1-3-29(22-9-4-16(13-25)14-27-22)24(32)19-10-11-30-21(12-19)20(15-28-30)17-5-7-18(8-6-17)23(31)26-2/h4-12,14-15H,3H2,1-2H3,(H,26,31). The van der Waals surface area contributed by atoms with Gasteiger partial charge in [0.1, 0.15) is 11.9 Å². The molecule has 0 fully saturated rings. The maximum Gasteiger partial charge on any atom is 0.259 e. The van der Waals surface area contributed by atoms with Gasteiger partial charge in [-0.3, -0.25) is 14.5 Å². The number of benzene rings is 1. The van der Waals surface area contributed by atoms with Crippen molar-refractivity contribution < 1.29 is 9.59 Å². The van der Waals surface area contributed by atoms with Crippen LogP contribution >= 0.6 is 0 Å². The maximum absolute atomic E-state index is 13.2. The summed E-state index contributed by atoms with van der Waals surface area (Å²) >= 11 is 0. The van der Waals surface area contributed by atoms with E-state index in [1.165, 1.54) is 6.20 Å². The van der Waals surface area contributed by atoms with E-state index in [2.05, 4.69) is 15.4 Å². The first-order valence-corrected chi connectivity index (χ1v) is 10.0. The van der Waals surface area contributed by atoms with Gasteiger partial charge in [0, 0.05) is 42.7 Å². The normalized spacial score (nSPS) is 10.5. The molecule has 1 N–H and O–H groups in total. The van der Waals surface area contributed by atoms with Gasteiger partial charge in [0.15, 0.2) is 0 Å². The van der Waals surface area contributed by atoms with Gasteiger partial charge in [0.25, 0.3) is 11.8 Å². The highest BCUT2D eigenvalue weighted by Gasteiger charge is 2.19. The van der Waals surface area contributed by atoms with Crippen LogP contribution in [0.4, 0.5) is 5.82 Å². The van der Waals surface area contributed by atoms with Crippen LogP contribution in [-0.2, 0) is 0 Å². The number of anilines is 1. The Morgan fingerprint density at radius 1 is 1.09 bits per heavy atom. The van der Waals surface area contributed by atoms with Crippen LogP contribution in [0.2, 0.25) is 0 Å². The Morgan fingerprint density at radius 2 is 1.88 bits per heavy atom. The van der Waals surface area contributed by atoms with E-state index < -0.39 is 0 Å². The van der Waals surface area contributed by atoms with Crippen LogP contribution in [0.15, 0.2) is 67.1 Å².